The third kappa shape index (κ3) is 2.22. The van der Waals surface area contributed by atoms with E-state index in [9.17, 15) is 0 Å². The van der Waals surface area contributed by atoms with Gasteiger partial charge in [-0.1, -0.05) is 24.6 Å². The number of hydrogen-bond donors (Lipinski definition) is 1. The van der Waals surface area contributed by atoms with Gasteiger partial charge < -0.3 is 15.2 Å². The van der Waals surface area contributed by atoms with Crippen molar-refractivity contribution in [2.75, 3.05) is 26.9 Å². The molecular formula is C14H20ClNO2. The summed E-state index contributed by atoms with van der Waals surface area (Å²) in [7, 11) is 1.63. The second-order valence-electron chi connectivity index (χ2n) is 4.98. The highest BCUT2D eigenvalue weighted by atomic mass is 35.5. The maximum absolute atomic E-state index is 6.21. The molecule has 0 saturated carbocycles. The Hall–Kier alpha value is -0.770. The van der Waals surface area contributed by atoms with Gasteiger partial charge in [0.2, 0.25) is 0 Å². The standard InChI is InChI=1S/C14H20ClNO2/c1-10(5-6-16)14(8-18-9-14)11-3-4-13(17-2)12(15)7-11/h3-4,7,10H,5-6,8-9,16H2,1-2H3. The highest BCUT2D eigenvalue weighted by Gasteiger charge is 2.44. The SMILES string of the molecule is COc1ccc(C2(C(C)CCN)COC2)cc1Cl. The molecule has 2 N–H and O–H groups in total. The molecule has 0 aromatic heterocycles. The van der Waals surface area contributed by atoms with E-state index in [4.69, 9.17) is 26.8 Å². The van der Waals surface area contributed by atoms with E-state index in [1.54, 1.807) is 7.11 Å². The van der Waals surface area contributed by atoms with Crippen molar-refractivity contribution in [3.05, 3.63) is 28.8 Å². The minimum atomic E-state index is 0.0648. The topological polar surface area (TPSA) is 44.5 Å². The van der Waals surface area contributed by atoms with Gasteiger partial charge in [-0.25, -0.2) is 0 Å². The van der Waals surface area contributed by atoms with Crippen LogP contribution >= 0.6 is 11.6 Å². The van der Waals surface area contributed by atoms with E-state index < -0.39 is 0 Å². The zero-order valence-electron chi connectivity index (χ0n) is 10.9. The molecule has 1 unspecified atom stereocenters. The van der Waals surface area contributed by atoms with Crippen molar-refractivity contribution in [3.8, 4) is 5.75 Å². The summed E-state index contributed by atoms with van der Waals surface area (Å²) in [5.74, 6) is 1.20. The van der Waals surface area contributed by atoms with Crippen molar-refractivity contribution in [2.24, 2.45) is 11.7 Å². The van der Waals surface area contributed by atoms with Gasteiger partial charge in [-0.05, 0) is 36.6 Å². The highest BCUT2D eigenvalue weighted by molar-refractivity contribution is 6.32. The lowest BCUT2D eigenvalue weighted by Crippen LogP contribution is -2.52. The molecule has 18 heavy (non-hydrogen) atoms. The van der Waals surface area contributed by atoms with Crippen LogP contribution in [0.5, 0.6) is 5.75 Å². The molecule has 1 aliphatic heterocycles. The van der Waals surface area contributed by atoms with E-state index in [0.29, 0.717) is 23.2 Å². The molecule has 0 amide bonds. The van der Waals surface area contributed by atoms with Crippen molar-refractivity contribution in [2.45, 2.75) is 18.8 Å². The Kier molecular flexibility index (Phi) is 4.15. The Morgan fingerprint density at radius 3 is 2.67 bits per heavy atom. The number of nitrogens with two attached hydrogens (primary N) is 1. The molecule has 1 aromatic carbocycles. The van der Waals surface area contributed by atoms with Gasteiger partial charge in [-0.15, -0.1) is 0 Å². The second-order valence-corrected chi connectivity index (χ2v) is 5.38. The van der Waals surface area contributed by atoms with Crippen LogP contribution in [0.3, 0.4) is 0 Å². The molecule has 3 nitrogen and oxygen atoms in total. The van der Waals surface area contributed by atoms with Crippen molar-refractivity contribution >= 4 is 11.6 Å². The lowest BCUT2D eigenvalue weighted by molar-refractivity contribution is -0.0883. The zero-order valence-corrected chi connectivity index (χ0v) is 11.7. The van der Waals surface area contributed by atoms with Gasteiger partial charge in [0.25, 0.3) is 0 Å². The van der Waals surface area contributed by atoms with Crippen molar-refractivity contribution in [1.82, 2.24) is 0 Å². The molecule has 1 fully saturated rings. The summed E-state index contributed by atoms with van der Waals surface area (Å²) < 4.78 is 10.6. The molecule has 1 aliphatic rings. The van der Waals surface area contributed by atoms with Gasteiger partial charge in [-0.3, -0.25) is 0 Å². The van der Waals surface area contributed by atoms with Crippen molar-refractivity contribution in [3.63, 3.8) is 0 Å². The first-order chi connectivity index (χ1) is 8.64. The summed E-state index contributed by atoms with van der Waals surface area (Å²) >= 11 is 6.21. The first kappa shape index (κ1) is 13.7. The summed E-state index contributed by atoms with van der Waals surface area (Å²) in [5.41, 5.74) is 6.96. The summed E-state index contributed by atoms with van der Waals surface area (Å²) in [4.78, 5) is 0. The fourth-order valence-electron chi connectivity index (χ4n) is 2.56. The average molecular weight is 270 g/mol. The molecule has 0 radical (unpaired) electrons. The monoisotopic (exact) mass is 269 g/mol. The molecule has 0 spiro atoms. The Morgan fingerprint density at radius 2 is 2.22 bits per heavy atom. The molecular weight excluding hydrogens is 250 g/mol. The van der Waals surface area contributed by atoms with Gasteiger partial charge in [0.1, 0.15) is 5.75 Å². The van der Waals surface area contributed by atoms with E-state index in [1.807, 2.05) is 12.1 Å². The minimum absolute atomic E-state index is 0.0648. The van der Waals surface area contributed by atoms with Gasteiger partial charge in [-0.2, -0.15) is 0 Å². The number of methoxy groups -OCH3 is 1. The lowest BCUT2D eigenvalue weighted by Gasteiger charge is -2.46. The summed E-state index contributed by atoms with van der Waals surface area (Å²) in [6.45, 7) is 4.42. The largest absolute Gasteiger partial charge is 0.495 e. The van der Waals surface area contributed by atoms with E-state index in [2.05, 4.69) is 13.0 Å². The van der Waals surface area contributed by atoms with Crippen LogP contribution in [-0.2, 0) is 10.2 Å². The third-order valence-electron chi connectivity index (χ3n) is 3.99. The molecule has 1 aromatic rings. The van der Waals surface area contributed by atoms with Gasteiger partial charge >= 0.3 is 0 Å². The number of halogens is 1. The number of benzene rings is 1. The van der Waals surface area contributed by atoms with Crippen LogP contribution in [0.1, 0.15) is 18.9 Å². The van der Waals surface area contributed by atoms with Crippen LogP contribution in [0.25, 0.3) is 0 Å². The summed E-state index contributed by atoms with van der Waals surface area (Å²) in [5, 5.41) is 0.654. The van der Waals surface area contributed by atoms with Crippen LogP contribution in [0.4, 0.5) is 0 Å². The molecule has 0 bridgehead atoms. The van der Waals surface area contributed by atoms with Crippen LogP contribution < -0.4 is 10.5 Å². The molecule has 100 valence electrons. The Balaban J connectivity index is 2.30. The predicted molar refractivity (Wildman–Crippen MR) is 73.3 cm³/mol. The molecule has 1 heterocycles. The maximum Gasteiger partial charge on any atom is 0.137 e. The van der Waals surface area contributed by atoms with Crippen LogP contribution in [0.2, 0.25) is 5.02 Å². The Labute approximate surface area is 113 Å². The van der Waals surface area contributed by atoms with Crippen LogP contribution in [-0.4, -0.2) is 26.9 Å². The van der Waals surface area contributed by atoms with Crippen LogP contribution in [0.15, 0.2) is 18.2 Å². The van der Waals surface area contributed by atoms with E-state index in [-0.39, 0.29) is 5.41 Å². The van der Waals surface area contributed by atoms with E-state index in [1.165, 1.54) is 5.56 Å². The molecule has 2 rings (SSSR count). The molecule has 1 atom stereocenters. The van der Waals surface area contributed by atoms with Crippen molar-refractivity contribution < 1.29 is 9.47 Å². The number of hydrogen-bond acceptors (Lipinski definition) is 3. The zero-order chi connectivity index (χ0) is 13.2. The Bertz CT molecular complexity index is 418. The predicted octanol–water partition coefficient (Wildman–Crippen LogP) is 2.60. The fourth-order valence-corrected chi connectivity index (χ4v) is 2.82. The van der Waals surface area contributed by atoms with Crippen molar-refractivity contribution in [1.29, 1.82) is 0 Å². The minimum Gasteiger partial charge on any atom is -0.495 e. The number of rotatable bonds is 5. The van der Waals surface area contributed by atoms with Gasteiger partial charge in [0.05, 0.1) is 25.3 Å². The summed E-state index contributed by atoms with van der Waals surface area (Å²) in [6, 6.07) is 6.00. The molecule has 4 heteroatoms. The van der Waals surface area contributed by atoms with Gasteiger partial charge in [0, 0.05) is 5.41 Å². The first-order valence-electron chi connectivity index (χ1n) is 6.26. The normalized spacial score (nSPS) is 19.1. The van der Waals surface area contributed by atoms with Gasteiger partial charge in [0.15, 0.2) is 0 Å². The second kappa shape index (κ2) is 5.47. The third-order valence-corrected chi connectivity index (χ3v) is 4.28. The van der Waals surface area contributed by atoms with Crippen LogP contribution in [0, 0.1) is 5.92 Å². The van der Waals surface area contributed by atoms with E-state index in [0.717, 1.165) is 19.6 Å². The molecule has 0 aliphatic carbocycles. The lowest BCUT2D eigenvalue weighted by atomic mass is 9.68. The highest BCUT2D eigenvalue weighted by Crippen LogP contribution is 2.42. The average Bonchev–Trinajstić information content (AvgIpc) is 2.28. The fraction of sp³-hybridized carbons (Fsp3) is 0.571. The number of ether oxygens (including phenoxy) is 2. The maximum atomic E-state index is 6.21. The smallest absolute Gasteiger partial charge is 0.137 e. The first-order valence-corrected chi connectivity index (χ1v) is 6.63. The van der Waals surface area contributed by atoms with E-state index >= 15 is 0 Å². The quantitative estimate of drug-likeness (QED) is 0.894. The summed E-state index contributed by atoms with van der Waals surface area (Å²) in [6.07, 6.45) is 0.993. The Morgan fingerprint density at radius 1 is 1.50 bits per heavy atom. The molecule has 1 saturated heterocycles.